The average Bonchev–Trinajstić information content (AvgIpc) is 2.43. The first-order valence-electron chi connectivity index (χ1n) is 7.87. The minimum Gasteiger partial charge on any atom is -0.396 e. The van der Waals surface area contributed by atoms with Gasteiger partial charge in [0.2, 0.25) is 12.2 Å². The van der Waals surface area contributed by atoms with Crippen LogP contribution < -0.4 is 0 Å². The number of rotatable bonds is 3. The van der Waals surface area contributed by atoms with Crippen LogP contribution >= 0.6 is 0 Å². The number of aliphatic hydroxyl groups excluding tert-OH is 1. The number of carbonyl (C=O) groups excluding carboxylic acids is 3. The van der Waals surface area contributed by atoms with E-state index in [9.17, 15) is 18.0 Å². The average molecular weight is 380 g/mol. The number of unbranched alkanes of at least 4 members (excludes halogenated alkanes) is 2. The van der Waals surface area contributed by atoms with E-state index in [-0.39, 0.29) is 17.4 Å². The van der Waals surface area contributed by atoms with Gasteiger partial charge in [-0.25, -0.2) is 20.4 Å². The van der Waals surface area contributed by atoms with Gasteiger partial charge in [0.05, 0.1) is 5.57 Å². The lowest BCUT2D eigenvalue weighted by Gasteiger charge is -2.31. The van der Waals surface area contributed by atoms with Gasteiger partial charge in [-0.15, -0.1) is 0 Å². The zero-order chi connectivity index (χ0) is 21.4. The molecule has 1 aliphatic rings. The van der Waals surface area contributed by atoms with Gasteiger partial charge in [-0.05, 0) is 25.2 Å². The van der Waals surface area contributed by atoms with Crippen molar-refractivity contribution in [1.82, 2.24) is 0 Å². The summed E-state index contributed by atoms with van der Waals surface area (Å²) < 4.78 is 37.2. The molecule has 0 fully saturated rings. The molecule has 150 valence electrons. The van der Waals surface area contributed by atoms with E-state index in [1.165, 1.54) is 13.3 Å². The number of Topliss-reactive ketones (excluding diaryl/α,β-unsaturated/α-hetero) is 1. The lowest BCUT2D eigenvalue weighted by Crippen LogP contribution is -2.31. The van der Waals surface area contributed by atoms with Crippen LogP contribution in [0.25, 0.3) is 0 Å². The Kier molecular flexibility index (Phi) is 16.8. The second-order valence-corrected chi connectivity index (χ2v) is 6.23. The fourth-order valence-electron chi connectivity index (χ4n) is 2.39. The molecule has 0 heterocycles. The summed E-state index contributed by atoms with van der Waals surface area (Å²) in [6, 6.07) is 0. The molecule has 0 bridgehead atoms. The van der Waals surface area contributed by atoms with Crippen LogP contribution in [0, 0.1) is 16.2 Å². The lowest BCUT2D eigenvalue weighted by atomic mass is 9.74. The Morgan fingerprint density at radius 2 is 1.54 bits per heavy atom. The van der Waals surface area contributed by atoms with Crippen molar-refractivity contribution < 1.29 is 32.7 Å². The maximum atomic E-state index is 12.4. The van der Waals surface area contributed by atoms with Crippen LogP contribution in [0.3, 0.4) is 0 Å². The molecule has 3 N–H and O–H groups in total. The van der Waals surface area contributed by atoms with Gasteiger partial charge in [0.1, 0.15) is 0 Å². The highest BCUT2D eigenvalue weighted by atomic mass is 19.4. The van der Waals surface area contributed by atoms with Crippen LogP contribution in [0.2, 0.25) is 0 Å². The van der Waals surface area contributed by atoms with E-state index in [1.807, 2.05) is 13.8 Å². The third-order valence-corrected chi connectivity index (χ3v) is 3.13. The minimum absolute atomic E-state index is 0.0147. The molecule has 6 nitrogen and oxygen atoms in total. The quantitative estimate of drug-likeness (QED) is 0.386. The van der Waals surface area contributed by atoms with Crippen molar-refractivity contribution in [3.05, 3.63) is 11.1 Å². The number of isocyanates is 2. The first kappa shape index (κ1) is 28.7. The number of allylic oxidation sites excluding steroid dienone is 2. The monoisotopic (exact) mass is 380 g/mol. The summed E-state index contributed by atoms with van der Waals surface area (Å²) in [5, 5.41) is 19.0. The molecule has 0 aromatic rings. The maximum absolute atomic E-state index is 12.4. The number of carbonyl (C=O) groups is 1. The SMILES string of the molecule is CC1=C(C(F)(F)F)C(=O)CC(C)(C)C1.CCCCCO.N=C=O.N=C=O. The molecule has 0 aromatic carbocycles. The normalized spacial score (nSPS) is 15.0. The smallest absolute Gasteiger partial charge is 0.396 e. The first-order valence-corrected chi connectivity index (χ1v) is 7.87. The predicted octanol–water partition coefficient (Wildman–Crippen LogP) is 4.23. The summed E-state index contributed by atoms with van der Waals surface area (Å²) >= 11 is 0. The van der Waals surface area contributed by atoms with Crippen molar-refractivity contribution in [2.45, 2.75) is 66.0 Å². The highest BCUT2D eigenvalue weighted by Crippen LogP contribution is 2.42. The standard InChI is InChI=1S/C10H13F3O.C5H12O.2CHNO/c1-6-4-9(2,3)5-7(14)8(6)10(11,12)13;1-2-3-4-5-6;2*2-1-3/h4-5H2,1-3H3;6H,2-5H2,1H3;2*2H. The lowest BCUT2D eigenvalue weighted by molar-refractivity contribution is -0.132. The van der Waals surface area contributed by atoms with E-state index in [0.29, 0.717) is 13.0 Å². The van der Waals surface area contributed by atoms with Crippen molar-refractivity contribution in [2.24, 2.45) is 5.41 Å². The molecule has 0 saturated heterocycles. The molecular formula is C17H27F3N2O4. The molecule has 0 unspecified atom stereocenters. The highest BCUT2D eigenvalue weighted by Gasteiger charge is 2.44. The largest absolute Gasteiger partial charge is 0.419 e. The van der Waals surface area contributed by atoms with E-state index >= 15 is 0 Å². The third-order valence-electron chi connectivity index (χ3n) is 3.13. The molecular weight excluding hydrogens is 353 g/mol. The van der Waals surface area contributed by atoms with Crippen molar-refractivity contribution in [1.29, 1.82) is 10.8 Å². The Morgan fingerprint density at radius 3 is 1.77 bits per heavy atom. The maximum Gasteiger partial charge on any atom is 0.419 e. The molecule has 0 atom stereocenters. The van der Waals surface area contributed by atoms with Crippen LogP contribution in [-0.2, 0) is 14.4 Å². The fraction of sp³-hybridized carbons (Fsp3) is 0.706. The molecule has 26 heavy (non-hydrogen) atoms. The number of aliphatic hydroxyl groups is 1. The molecule has 1 aliphatic carbocycles. The van der Waals surface area contributed by atoms with Crippen LogP contribution in [0.1, 0.15) is 59.8 Å². The molecule has 0 amide bonds. The van der Waals surface area contributed by atoms with Gasteiger partial charge >= 0.3 is 6.18 Å². The van der Waals surface area contributed by atoms with E-state index in [0.717, 1.165) is 25.0 Å². The van der Waals surface area contributed by atoms with Gasteiger partial charge in [-0.2, -0.15) is 13.2 Å². The molecule has 9 heteroatoms. The Bertz CT molecular complexity index is 499. The molecule has 0 aromatic heterocycles. The Balaban J connectivity index is -0.000000366. The zero-order valence-corrected chi connectivity index (χ0v) is 15.5. The van der Waals surface area contributed by atoms with E-state index in [2.05, 4.69) is 6.92 Å². The molecule has 0 spiro atoms. The number of ketones is 1. The first-order chi connectivity index (χ1) is 11.9. The number of halogens is 3. The number of alkyl halides is 3. The summed E-state index contributed by atoms with van der Waals surface area (Å²) in [7, 11) is 0. The molecule has 0 aliphatic heterocycles. The van der Waals surface area contributed by atoms with Gasteiger partial charge in [0.25, 0.3) is 0 Å². The number of nitrogens with one attached hydrogen (secondary N) is 2. The molecule has 0 radical (unpaired) electrons. The predicted molar refractivity (Wildman–Crippen MR) is 90.2 cm³/mol. The molecule has 0 saturated carbocycles. The van der Waals surface area contributed by atoms with Gasteiger partial charge in [0.15, 0.2) is 5.78 Å². The summed E-state index contributed by atoms with van der Waals surface area (Å²) in [5.41, 5.74) is -1.11. The van der Waals surface area contributed by atoms with Gasteiger partial charge < -0.3 is 5.11 Å². The van der Waals surface area contributed by atoms with Gasteiger partial charge in [0, 0.05) is 13.0 Å². The van der Waals surface area contributed by atoms with Crippen molar-refractivity contribution in [3.8, 4) is 0 Å². The van der Waals surface area contributed by atoms with E-state index in [4.69, 9.17) is 25.5 Å². The van der Waals surface area contributed by atoms with Crippen LogP contribution in [0.5, 0.6) is 0 Å². The summed E-state index contributed by atoms with van der Waals surface area (Å²) in [5.74, 6) is -0.772. The second kappa shape index (κ2) is 15.2. The highest BCUT2D eigenvalue weighted by molar-refractivity contribution is 5.98. The third kappa shape index (κ3) is 15.4. The van der Waals surface area contributed by atoms with E-state index in [1.54, 1.807) is 0 Å². The summed E-state index contributed by atoms with van der Waals surface area (Å²) in [6.07, 6.45) is 0.665. The summed E-state index contributed by atoms with van der Waals surface area (Å²) in [4.78, 5) is 28.0. The van der Waals surface area contributed by atoms with Crippen molar-refractivity contribution in [2.75, 3.05) is 6.61 Å². The number of hydrogen-bond acceptors (Lipinski definition) is 6. The Hall–Kier alpha value is -2.08. The zero-order valence-electron chi connectivity index (χ0n) is 15.5. The fourth-order valence-corrected chi connectivity index (χ4v) is 2.39. The molecule has 1 rings (SSSR count). The van der Waals surface area contributed by atoms with Crippen LogP contribution in [0.15, 0.2) is 11.1 Å². The van der Waals surface area contributed by atoms with Crippen molar-refractivity contribution in [3.63, 3.8) is 0 Å². The van der Waals surface area contributed by atoms with Crippen LogP contribution in [-0.4, -0.2) is 35.8 Å². The van der Waals surface area contributed by atoms with Crippen LogP contribution in [0.4, 0.5) is 13.2 Å². The van der Waals surface area contributed by atoms with Gasteiger partial charge in [-0.3, -0.25) is 4.79 Å². The van der Waals surface area contributed by atoms with Gasteiger partial charge in [-0.1, -0.05) is 39.2 Å². The topological polar surface area (TPSA) is 119 Å². The Labute approximate surface area is 151 Å². The summed E-state index contributed by atoms with van der Waals surface area (Å²) in [6.45, 7) is 7.48. The van der Waals surface area contributed by atoms with E-state index < -0.39 is 17.5 Å². The van der Waals surface area contributed by atoms with Crippen molar-refractivity contribution >= 4 is 17.9 Å². The second-order valence-electron chi connectivity index (χ2n) is 6.23. The minimum atomic E-state index is -4.49. The Morgan fingerprint density at radius 1 is 1.12 bits per heavy atom. The number of hydrogen-bond donors (Lipinski definition) is 3.